The predicted octanol–water partition coefficient (Wildman–Crippen LogP) is 5.41. The highest BCUT2D eigenvalue weighted by Crippen LogP contribution is 2.33. The molecule has 0 bridgehead atoms. The second-order valence-electron chi connectivity index (χ2n) is 7.89. The lowest BCUT2D eigenvalue weighted by Gasteiger charge is -2.19. The molecule has 1 aromatic carbocycles. The molecule has 0 aliphatic heterocycles. The molecule has 26 heavy (non-hydrogen) atoms. The van der Waals surface area contributed by atoms with Gasteiger partial charge in [0.25, 0.3) is 0 Å². The highest BCUT2D eigenvalue weighted by Gasteiger charge is 2.28. The van der Waals surface area contributed by atoms with Crippen molar-refractivity contribution in [3.8, 4) is 5.69 Å². The predicted molar refractivity (Wildman–Crippen MR) is 108 cm³/mol. The fourth-order valence-electron chi connectivity index (χ4n) is 3.44. The third-order valence-electron chi connectivity index (χ3n) is 5.42. The normalized spacial score (nSPS) is 22.2. The van der Waals surface area contributed by atoms with Gasteiger partial charge in [-0.2, -0.15) is 5.10 Å². The first-order valence-electron chi connectivity index (χ1n) is 9.62. The van der Waals surface area contributed by atoms with Crippen LogP contribution in [0.15, 0.2) is 48.6 Å². The van der Waals surface area contributed by atoms with E-state index in [1.807, 2.05) is 17.7 Å². The number of aromatic nitrogens is 2. The van der Waals surface area contributed by atoms with E-state index in [0.717, 1.165) is 23.5 Å². The summed E-state index contributed by atoms with van der Waals surface area (Å²) in [6, 6.07) is 10.4. The highest BCUT2D eigenvalue weighted by molar-refractivity contribution is 5.74. The van der Waals surface area contributed by atoms with Crippen LogP contribution in [0.1, 0.15) is 57.5 Å². The molecule has 0 amide bonds. The maximum atomic E-state index is 10.9. The van der Waals surface area contributed by atoms with Crippen molar-refractivity contribution in [3.63, 3.8) is 0 Å². The highest BCUT2D eigenvalue weighted by atomic mass is 16.3. The maximum absolute atomic E-state index is 10.9. The Balaban J connectivity index is 2.12. The molecular weight excluding hydrogens is 320 g/mol. The van der Waals surface area contributed by atoms with E-state index in [4.69, 9.17) is 5.10 Å². The minimum absolute atomic E-state index is 0.482. The summed E-state index contributed by atoms with van der Waals surface area (Å²) in [5, 5.41) is 15.7. The van der Waals surface area contributed by atoms with Crippen molar-refractivity contribution in [2.45, 2.75) is 53.1 Å². The minimum Gasteiger partial charge on any atom is -0.384 e. The summed E-state index contributed by atoms with van der Waals surface area (Å²) in [6.45, 7) is 10.5. The van der Waals surface area contributed by atoms with Gasteiger partial charge in [0.2, 0.25) is 0 Å². The Morgan fingerprint density at radius 1 is 1.15 bits per heavy atom. The van der Waals surface area contributed by atoms with Gasteiger partial charge in [-0.3, -0.25) is 0 Å². The molecule has 138 valence electrons. The van der Waals surface area contributed by atoms with Crippen molar-refractivity contribution in [2.24, 2.45) is 11.8 Å². The second-order valence-corrected chi connectivity index (χ2v) is 7.89. The summed E-state index contributed by atoms with van der Waals surface area (Å²) >= 11 is 0. The zero-order valence-corrected chi connectivity index (χ0v) is 16.5. The molecule has 0 spiro atoms. The summed E-state index contributed by atoms with van der Waals surface area (Å²) in [6.07, 6.45) is 8.36. The standard InChI is InChI=1S/C23H30N2O/c1-6-13-23(5,26)22-15-21(19-10-9-17(3)18(4)14-19)25(24-22)20-11-7-16(2)8-12-20/h7-12,14-15,17-18,26H,6,13H2,1-5H3. The quantitative estimate of drug-likeness (QED) is 0.782. The maximum Gasteiger partial charge on any atom is 0.106 e. The van der Waals surface area contributed by atoms with E-state index in [1.54, 1.807) is 0 Å². The Bertz CT molecular complexity index is 824. The Morgan fingerprint density at radius 2 is 1.85 bits per heavy atom. The van der Waals surface area contributed by atoms with Crippen LogP contribution in [0.5, 0.6) is 0 Å². The van der Waals surface area contributed by atoms with Gasteiger partial charge in [-0.15, -0.1) is 0 Å². The first-order chi connectivity index (χ1) is 12.3. The molecule has 0 saturated heterocycles. The van der Waals surface area contributed by atoms with Crippen LogP contribution >= 0.6 is 0 Å². The SMILES string of the molecule is CCCC(C)(O)c1cc(C2=CC(C)C(C)C=C2)n(-c2ccc(C)cc2)n1. The van der Waals surface area contributed by atoms with E-state index in [9.17, 15) is 5.11 Å². The lowest BCUT2D eigenvalue weighted by Crippen LogP contribution is -2.21. The Morgan fingerprint density at radius 3 is 2.46 bits per heavy atom. The summed E-state index contributed by atoms with van der Waals surface area (Å²) in [7, 11) is 0. The van der Waals surface area contributed by atoms with E-state index in [2.05, 4.69) is 70.2 Å². The Kier molecular flexibility index (Phi) is 5.19. The Hall–Kier alpha value is -2.13. The number of nitrogens with zero attached hydrogens (tertiary/aromatic N) is 2. The van der Waals surface area contributed by atoms with Crippen LogP contribution in [0.25, 0.3) is 11.3 Å². The van der Waals surface area contributed by atoms with E-state index in [-0.39, 0.29) is 0 Å². The van der Waals surface area contributed by atoms with Crippen molar-refractivity contribution in [1.82, 2.24) is 9.78 Å². The third kappa shape index (κ3) is 3.68. The van der Waals surface area contributed by atoms with Crippen LogP contribution in [0.4, 0.5) is 0 Å². The van der Waals surface area contributed by atoms with Gasteiger partial charge in [0, 0.05) is 0 Å². The van der Waals surface area contributed by atoms with Gasteiger partial charge >= 0.3 is 0 Å². The van der Waals surface area contributed by atoms with Crippen molar-refractivity contribution >= 4 is 5.57 Å². The topological polar surface area (TPSA) is 38.0 Å². The molecule has 1 N–H and O–H groups in total. The van der Waals surface area contributed by atoms with E-state index in [0.29, 0.717) is 18.3 Å². The molecule has 0 fully saturated rings. The number of aryl methyl sites for hydroxylation is 1. The Labute approximate surface area is 157 Å². The van der Waals surface area contributed by atoms with Crippen molar-refractivity contribution in [2.75, 3.05) is 0 Å². The zero-order valence-electron chi connectivity index (χ0n) is 16.5. The number of allylic oxidation sites excluding steroid dienone is 4. The molecular formula is C23H30N2O. The first kappa shape index (κ1) is 18.7. The van der Waals surface area contributed by atoms with Gasteiger partial charge < -0.3 is 5.11 Å². The molecule has 1 aliphatic rings. The summed E-state index contributed by atoms with van der Waals surface area (Å²) in [4.78, 5) is 0. The monoisotopic (exact) mass is 350 g/mol. The molecule has 3 unspecified atom stereocenters. The van der Waals surface area contributed by atoms with E-state index < -0.39 is 5.60 Å². The van der Waals surface area contributed by atoms with E-state index in [1.165, 1.54) is 11.1 Å². The molecule has 2 aromatic rings. The van der Waals surface area contributed by atoms with Crippen molar-refractivity contribution in [1.29, 1.82) is 0 Å². The fraction of sp³-hybridized carbons (Fsp3) is 0.435. The first-order valence-corrected chi connectivity index (χ1v) is 9.62. The minimum atomic E-state index is -0.919. The summed E-state index contributed by atoms with van der Waals surface area (Å²) in [5.74, 6) is 1.02. The molecule has 0 saturated carbocycles. The van der Waals surface area contributed by atoms with Gasteiger partial charge in [0.15, 0.2) is 0 Å². The van der Waals surface area contributed by atoms with Gasteiger partial charge in [-0.25, -0.2) is 4.68 Å². The molecule has 0 radical (unpaired) electrons. The van der Waals surface area contributed by atoms with Gasteiger partial charge in [0.05, 0.1) is 17.1 Å². The van der Waals surface area contributed by atoms with Crippen LogP contribution < -0.4 is 0 Å². The second kappa shape index (κ2) is 7.24. The van der Waals surface area contributed by atoms with Crippen molar-refractivity contribution < 1.29 is 5.11 Å². The van der Waals surface area contributed by atoms with E-state index >= 15 is 0 Å². The van der Waals surface area contributed by atoms with Crippen LogP contribution in [-0.2, 0) is 5.60 Å². The molecule has 1 heterocycles. The smallest absolute Gasteiger partial charge is 0.106 e. The molecule has 3 atom stereocenters. The fourth-order valence-corrected chi connectivity index (χ4v) is 3.44. The number of hydrogen-bond acceptors (Lipinski definition) is 2. The van der Waals surface area contributed by atoms with Crippen LogP contribution in [0, 0.1) is 18.8 Å². The van der Waals surface area contributed by atoms with Gasteiger partial charge in [-0.1, -0.05) is 63.1 Å². The number of benzene rings is 1. The molecule has 1 aromatic heterocycles. The molecule has 1 aliphatic carbocycles. The summed E-state index contributed by atoms with van der Waals surface area (Å²) < 4.78 is 1.97. The van der Waals surface area contributed by atoms with Crippen LogP contribution in [0.3, 0.4) is 0 Å². The van der Waals surface area contributed by atoms with Gasteiger partial charge in [0.1, 0.15) is 5.60 Å². The average molecular weight is 351 g/mol. The van der Waals surface area contributed by atoms with Gasteiger partial charge in [-0.05, 0) is 55.9 Å². The zero-order chi connectivity index (χ0) is 18.9. The molecule has 3 nitrogen and oxygen atoms in total. The number of rotatable bonds is 5. The number of hydrogen-bond donors (Lipinski definition) is 1. The molecule has 3 heteroatoms. The number of aliphatic hydroxyl groups is 1. The average Bonchev–Trinajstić information content (AvgIpc) is 3.04. The van der Waals surface area contributed by atoms with Crippen molar-refractivity contribution in [3.05, 3.63) is 65.5 Å². The largest absolute Gasteiger partial charge is 0.384 e. The van der Waals surface area contributed by atoms with Crippen LogP contribution in [0.2, 0.25) is 0 Å². The van der Waals surface area contributed by atoms with Crippen LogP contribution in [-0.4, -0.2) is 14.9 Å². The lowest BCUT2D eigenvalue weighted by atomic mass is 9.87. The third-order valence-corrected chi connectivity index (χ3v) is 5.42. The lowest BCUT2D eigenvalue weighted by molar-refractivity contribution is 0.0421. The summed E-state index contributed by atoms with van der Waals surface area (Å²) in [5.41, 5.74) is 4.26. The molecule has 3 rings (SSSR count).